The van der Waals surface area contributed by atoms with Crippen molar-refractivity contribution >= 4 is 28.7 Å². The Balaban J connectivity index is 1.92. The van der Waals surface area contributed by atoms with E-state index in [0.717, 1.165) is 22.3 Å². The van der Waals surface area contributed by atoms with E-state index in [-0.39, 0.29) is 12.5 Å². The fourth-order valence-electron chi connectivity index (χ4n) is 2.11. The van der Waals surface area contributed by atoms with Gasteiger partial charge in [-0.05, 0) is 32.0 Å². The van der Waals surface area contributed by atoms with Crippen LogP contribution >= 0.6 is 0 Å². The summed E-state index contributed by atoms with van der Waals surface area (Å²) in [5, 5.41) is 6.44. The molecule has 0 unspecified atom stereocenters. The Kier molecular flexibility index (Phi) is 3.39. The van der Waals surface area contributed by atoms with Crippen LogP contribution in [-0.2, 0) is 4.79 Å². The van der Waals surface area contributed by atoms with Crippen LogP contribution in [0.15, 0.2) is 23.2 Å². The summed E-state index contributed by atoms with van der Waals surface area (Å²) < 4.78 is 5.48. The molecule has 0 saturated heterocycles. The number of nitrogens with zero attached hydrogens (tertiary/aromatic N) is 3. The van der Waals surface area contributed by atoms with Gasteiger partial charge in [0.15, 0.2) is 0 Å². The number of aryl methyl sites for hydroxylation is 1. The zero-order valence-electron chi connectivity index (χ0n) is 11.8. The average molecular weight is 285 g/mol. The van der Waals surface area contributed by atoms with Gasteiger partial charge in [0, 0.05) is 5.39 Å². The molecular weight excluding hydrogens is 270 g/mol. The van der Waals surface area contributed by atoms with Crippen LogP contribution in [0.2, 0.25) is 0 Å². The van der Waals surface area contributed by atoms with Gasteiger partial charge in [0.2, 0.25) is 17.8 Å². The third kappa shape index (κ3) is 2.76. The number of anilines is 1. The van der Waals surface area contributed by atoms with E-state index in [1.54, 1.807) is 0 Å². The Morgan fingerprint density at radius 2 is 2.24 bits per heavy atom. The maximum atomic E-state index is 11.1. The number of aromatic nitrogens is 2. The van der Waals surface area contributed by atoms with Crippen molar-refractivity contribution in [2.45, 2.75) is 13.8 Å². The second-order valence-electron chi connectivity index (χ2n) is 4.58. The van der Waals surface area contributed by atoms with Crippen molar-refractivity contribution in [2.75, 3.05) is 18.5 Å². The lowest BCUT2D eigenvalue weighted by atomic mass is 10.2. The third-order valence-corrected chi connectivity index (χ3v) is 3.04. The van der Waals surface area contributed by atoms with Crippen LogP contribution < -0.4 is 15.4 Å². The van der Waals surface area contributed by atoms with Gasteiger partial charge < -0.3 is 4.74 Å². The van der Waals surface area contributed by atoms with E-state index < -0.39 is 0 Å². The molecule has 3 rings (SSSR count). The van der Waals surface area contributed by atoms with E-state index in [2.05, 4.69) is 25.6 Å². The molecule has 0 fully saturated rings. The van der Waals surface area contributed by atoms with E-state index in [4.69, 9.17) is 4.74 Å². The molecule has 1 aliphatic rings. The van der Waals surface area contributed by atoms with Crippen molar-refractivity contribution in [1.82, 2.24) is 15.3 Å². The molecule has 108 valence electrons. The smallest absolute Gasteiger partial charge is 0.248 e. The molecule has 1 aliphatic heterocycles. The quantitative estimate of drug-likeness (QED) is 0.885. The zero-order valence-corrected chi connectivity index (χ0v) is 11.8. The van der Waals surface area contributed by atoms with E-state index in [1.807, 2.05) is 32.0 Å². The highest BCUT2D eigenvalue weighted by Gasteiger charge is 2.14. The highest BCUT2D eigenvalue weighted by Crippen LogP contribution is 2.22. The van der Waals surface area contributed by atoms with Crippen molar-refractivity contribution in [3.05, 3.63) is 23.9 Å². The summed E-state index contributed by atoms with van der Waals surface area (Å²) in [7, 11) is 0. The number of fused-ring (bicyclic) bond motifs is 1. The molecule has 2 N–H and O–H groups in total. The predicted molar refractivity (Wildman–Crippen MR) is 79.5 cm³/mol. The molecule has 7 nitrogen and oxygen atoms in total. The fourth-order valence-corrected chi connectivity index (χ4v) is 2.11. The number of amides is 1. The van der Waals surface area contributed by atoms with Crippen LogP contribution in [0.3, 0.4) is 0 Å². The summed E-state index contributed by atoms with van der Waals surface area (Å²) in [6.45, 7) is 4.59. The maximum Gasteiger partial charge on any atom is 0.248 e. The van der Waals surface area contributed by atoms with Crippen LogP contribution in [0.4, 0.5) is 5.95 Å². The SMILES string of the molecule is CCOc1ccc2nc(NC3=NCC(=O)N3)nc(C)c2c1. The summed E-state index contributed by atoms with van der Waals surface area (Å²) in [6.07, 6.45) is 0. The summed E-state index contributed by atoms with van der Waals surface area (Å²) in [4.78, 5) is 23.9. The van der Waals surface area contributed by atoms with E-state index >= 15 is 0 Å². The average Bonchev–Trinajstić information content (AvgIpc) is 2.85. The zero-order chi connectivity index (χ0) is 14.8. The highest BCUT2D eigenvalue weighted by molar-refractivity contribution is 6.08. The van der Waals surface area contributed by atoms with E-state index in [1.165, 1.54) is 0 Å². The lowest BCUT2D eigenvalue weighted by Gasteiger charge is -2.09. The topological polar surface area (TPSA) is 88.5 Å². The summed E-state index contributed by atoms with van der Waals surface area (Å²) in [5.41, 5.74) is 1.63. The number of carbonyl (C=O) groups excluding carboxylic acids is 1. The Morgan fingerprint density at radius 1 is 1.38 bits per heavy atom. The van der Waals surface area contributed by atoms with Crippen LogP contribution in [-0.4, -0.2) is 35.0 Å². The number of carbonyl (C=O) groups is 1. The first-order chi connectivity index (χ1) is 10.2. The lowest BCUT2D eigenvalue weighted by molar-refractivity contribution is -0.117. The van der Waals surface area contributed by atoms with Gasteiger partial charge in [-0.25, -0.2) is 15.0 Å². The largest absolute Gasteiger partial charge is 0.494 e. The van der Waals surface area contributed by atoms with Gasteiger partial charge in [0.25, 0.3) is 0 Å². The minimum absolute atomic E-state index is 0.132. The number of hydrogen-bond donors (Lipinski definition) is 2. The molecule has 0 aliphatic carbocycles. The number of aliphatic imine (C=N–C) groups is 1. The highest BCUT2D eigenvalue weighted by atomic mass is 16.5. The molecule has 2 aromatic rings. The van der Waals surface area contributed by atoms with Crippen molar-refractivity contribution in [3.63, 3.8) is 0 Å². The van der Waals surface area contributed by atoms with Crippen molar-refractivity contribution in [3.8, 4) is 5.75 Å². The van der Waals surface area contributed by atoms with Gasteiger partial charge in [-0.3, -0.25) is 15.4 Å². The van der Waals surface area contributed by atoms with Gasteiger partial charge in [0.05, 0.1) is 17.8 Å². The molecule has 0 spiro atoms. The second-order valence-corrected chi connectivity index (χ2v) is 4.58. The van der Waals surface area contributed by atoms with Crippen molar-refractivity contribution in [2.24, 2.45) is 4.99 Å². The molecular formula is C14H15N5O2. The first-order valence-electron chi connectivity index (χ1n) is 6.68. The Labute approximate surface area is 121 Å². The number of ether oxygens (including phenoxy) is 1. The molecule has 2 heterocycles. The maximum absolute atomic E-state index is 11.1. The van der Waals surface area contributed by atoms with Crippen molar-refractivity contribution < 1.29 is 9.53 Å². The Bertz CT molecular complexity index is 741. The molecule has 0 radical (unpaired) electrons. The molecule has 0 bridgehead atoms. The summed E-state index contributed by atoms with van der Waals surface area (Å²) >= 11 is 0. The number of nitrogens with one attached hydrogen (secondary N) is 2. The first-order valence-corrected chi connectivity index (χ1v) is 6.68. The molecule has 0 atom stereocenters. The third-order valence-electron chi connectivity index (χ3n) is 3.04. The summed E-state index contributed by atoms with van der Waals surface area (Å²) in [5.74, 6) is 1.44. The van der Waals surface area contributed by atoms with Gasteiger partial charge in [0.1, 0.15) is 12.3 Å². The molecule has 1 aromatic carbocycles. The standard InChI is InChI=1S/C14H15N5O2/c1-3-21-9-4-5-11-10(6-9)8(2)16-14(17-11)19-13-15-7-12(20)18-13/h4-6H,3,7H2,1-2H3,(H2,15,16,17,18,19,20). The molecule has 1 amide bonds. The number of benzene rings is 1. The van der Waals surface area contributed by atoms with Gasteiger partial charge in [-0.2, -0.15) is 0 Å². The van der Waals surface area contributed by atoms with E-state index in [9.17, 15) is 4.79 Å². The first kappa shape index (κ1) is 13.3. The van der Waals surface area contributed by atoms with Crippen LogP contribution in [0.25, 0.3) is 10.9 Å². The number of guanidine groups is 1. The van der Waals surface area contributed by atoms with E-state index in [0.29, 0.717) is 18.5 Å². The Morgan fingerprint density at radius 3 is 2.95 bits per heavy atom. The van der Waals surface area contributed by atoms with Crippen LogP contribution in [0.5, 0.6) is 5.75 Å². The Hall–Kier alpha value is -2.70. The monoisotopic (exact) mass is 285 g/mol. The molecule has 21 heavy (non-hydrogen) atoms. The van der Waals surface area contributed by atoms with Crippen LogP contribution in [0, 0.1) is 6.92 Å². The predicted octanol–water partition coefficient (Wildman–Crippen LogP) is 1.23. The lowest BCUT2D eigenvalue weighted by Crippen LogP contribution is -2.31. The fraction of sp³-hybridized carbons (Fsp3) is 0.286. The summed E-state index contributed by atoms with van der Waals surface area (Å²) in [6, 6.07) is 5.68. The minimum atomic E-state index is -0.142. The van der Waals surface area contributed by atoms with Gasteiger partial charge in [-0.1, -0.05) is 0 Å². The van der Waals surface area contributed by atoms with Gasteiger partial charge in [-0.15, -0.1) is 0 Å². The number of rotatable bonds is 3. The van der Waals surface area contributed by atoms with Crippen molar-refractivity contribution in [1.29, 1.82) is 0 Å². The van der Waals surface area contributed by atoms with Gasteiger partial charge >= 0.3 is 0 Å². The molecule has 1 aromatic heterocycles. The second kappa shape index (κ2) is 5.35. The minimum Gasteiger partial charge on any atom is -0.494 e. The molecule has 0 saturated carbocycles. The van der Waals surface area contributed by atoms with Crippen LogP contribution in [0.1, 0.15) is 12.6 Å². The normalized spacial score (nSPS) is 14.0. The molecule has 7 heteroatoms. The number of hydrogen-bond acceptors (Lipinski definition) is 6.